The number of piperidine rings is 1. The van der Waals surface area contributed by atoms with Gasteiger partial charge in [0.25, 0.3) is 0 Å². The van der Waals surface area contributed by atoms with E-state index in [9.17, 15) is 5.11 Å². The third kappa shape index (κ3) is 5.84. The molecule has 0 radical (unpaired) electrons. The molecule has 1 saturated heterocycles. The predicted octanol–water partition coefficient (Wildman–Crippen LogP) is 1.95. The van der Waals surface area contributed by atoms with Crippen LogP contribution in [0.4, 0.5) is 0 Å². The fourth-order valence-electron chi connectivity index (χ4n) is 2.74. The van der Waals surface area contributed by atoms with Gasteiger partial charge in [-0.25, -0.2) is 0 Å². The molecule has 1 aliphatic rings. The first-order valence-corrected chi connectivity index (χ1v) is 7.07. The number of hydrogen-bond donors (Lipinski definition) is 1. The molecule has 0 saturated carbocycles. The molecule has 3 heteroatoms. The molecule has 3 nitrogen and oxygen atoms in total. The van der Waals surface area contributed by atoms with Crippen molar-refractivity contribution < 1.29 is 5.11 Å². The third-order valence-electron chi connectivity index (χ3n) is 3.76. The van der Waals surface area contributed by atoms with Crippen molar-refractivity contribution in [2.45, 2.75) is 58.1 Å². The second-order valence-corrected chi connectivity index (χ2v) is 6.10. The second kappa shape index (κ2) is 6.72. The van der Waals surface area contributed by atoms with Gasteiger partial charge in [0.2, 0.25) is 0 Å². The van der Waals surface area contributed by atoms with Crippen LogP contribution in [0.5, 0.6) is 0 Å². The molecule has 0 aromatic rings. The molecule has 0 amide bonds. The quantitative estimate of drug-likeness (QED) is 0.771. The van der Waals surface area contributed by atoms with E-state index in [1.165, 1.54) is 32.2 Å². The lowest BCUT2D eigenvalue weighted by Gasteiger charge is -2.35. The summed E-state index contributed by atoms with van der Waals surface area (Å²) in [6.45, 7) is 10.1. The fourth-order valence-corrected chi connectivity index (χ4v) is 2.74. The van der Waals surface area contributed by atoms with Gasteiger partial charge >= 0.3 is 0 Å². The molecule has 1 N–H and O–H groups in total. The van der Waals surface area contributed by atoms with E-state index in [0.717, 1.165) is 25.7 Å². The highest BCUT2D eigenvalue weighted by atomic mass is 16.3. The van der Waals surface area contributed by atoms with Crippen molar-refractivity contribution in [1.29, 1.82) is 0 Å². The number of likely N-dealkylation sites (tertiary alicyclic amines) is 1. The van der Waals surface area contributed by atoms with Crippen LogP contribution in [-0.2, 0) is 0 Å². The molecule has 0 aliphatic carbocycles. The highest BCUT2D eigenvalue weighted by Crippen LogP contribution is 2.18. The van der Waals surface area contributed by atoms with Crippen molar-refractivity contribution in [3.8, 4) is 0 Å². The van der Waals surface area contributed by atoms with Gasteiger partial charge in [0.1, 0.15) is 0 Å². The average molecular weight is 242 g/mol. The summed E-state index contributed by atoms with van der Waals surface area (Å²) < 4.78 is 0. The van der Waals surface area contributed by atoms with Crippen LogP contribution >= 0.6 is 0 Å². The Kier molecular flexibility index (Phi) is 5.90. The minimum absolute atomic E-state index is 0.575. The van der Waals surface area contributed by atoms with Gasteiger partial charge in [0, 0.05) is 12.6 Å². The number of aliphatic hydroxyl groups is 1. The molecule has 17 heavy (non-hydrogen) atoms. The monoisotopic (exact) mass is 242 g/mol. The molecule has 102 valence electrons. The summed E-state index contributed by atoms with van der Waals surface area (Å²) >= 11 is 0. The van der Waals surface area contributed by atoms with Crippen LogP contribution in [0.1, 0.15) is 46.5 Å². The molecule has 1 unspecified atom stereocenters. The van der Waals surface area contributed by atoms with Crippen molar-refractivity contribution in [3.05, 3.63) is 0 Å². The van der Waals surface area contributed by atoms with E-state index in [2.05, 4.69) is 23.8 Å². The summed E-state index contributed by atoms with van der Waals surface area (Å²) in [5.74, 6) is 0. The van der Waals surface area contributed by atoms with Crippen LogP contribution in [0.3, 0.4) is 0 Å². The van der Waals surface area contributed by atoms with Gasteiger partial charge in [0.15, 0.2) is 0 Å². The van der Waals surface area contributed by atoms with Gasteiger partial charge in [-0.3, -0.25) is 0 Å². The maximum Gasteiger partial charge on any atom is 0.0718 e. The molecule has 0 aromatic heterocycles. The molecular weight excluding hydrogens is 212 g/mol. The summed E-state index contributed by atoms with van der Waals surface area (Å²) in [6, 6.07) is 0.750. The molecule has 1 atom stereocenters. The van der Waals surface area contributed by atoms with Gasteiger partial charge in [-0.05, 0) is 59.8 Å². The van der Waals surface area contributed by atoms with E-state index < -0.39 is 5.60 Å². The largest absolute Gasteiger partial charge is 0.389 e. The molecular formula is C14H30N2O. The highest BCUT2D eigenvalue weighted by Gasteiger charge is 2.21. The summed E-state index contributed by atoms with van der Waals surface area (Å²) in [5.41, 5.74) is -0.575. The zero-order valence-electron chi connectivity index (χ0n) is 12.1. The maximum absolute atomic E-state index is 9.86. The van der Waals surface area contributed by atoms with E-state index in [0.29, 0.717) is 0 Å². The van der Waals surface area contributed by atoms with Crippen molar-refractivity contribution >= 4 is 0 Å². The standard InChI is InChI=1S/C14H30N2O/c1-5-16(12-14(2,3)17)11-9-13-8-6-7-10-15(13)4/h13,17H,5-12H2,1-4H3. The normalized spacial score (nSPS) is 23.3. The van der Waals surface area contributed by atoms with Gasteiger partial charge < -0.3 is 14.9 Å². The Labute approximate surface area is 107 Å². The smallest absolute Gasteiger partial charge is 0.0718 e. The zero-order chi connectivity index (χ0) is 12.9. The lowest BCUT2D eigenvalue weighted by Crippen LogP contribution is -2.42. The van der Waals surface area contributed by atoms with E-state index in [1.807, 2.05) is 13.8 Å². The SMILES string of the molecule is CCN(CCC1CCCCN1C)CC(C)(C)O. The van der Waals surface area contributed by atoms with E-state index in [1.54, 1.807) is 0 Å². The van der Waals surface area contributed by atoms with Crippen molar-refractivity contribution in [3.63, 3.8) is 0 Å². The van der Waals surface area contributed by atoms with Crippen molar-refractivity contribution in [2.75, 3.05) is 33.2 Å². The Balaban J connectivity index is 2.31. The Morgan fingerprint density at radius 1 is 1.35 bits per heavy atom. The van der Waals surface area contributed by atoms with Crippen LogP contribution in [0.15, 0.2) is 0 Å². The summed E-state index contributed by atoms with van der Waals surface area (Å²) in [5, 5.41) is 9.86. The Hall–Kier alpha value is -0.120. The molecule has 1 aliphatic heterocycles. The van der Waals surface area contributed by atoms with Gasteiger partial charge in [-0.1, -0.05) is 13.3 Å². The van der Waals surface area contributed by atoms with Crippen LogP contribution in [-0.4, -0.2) is 59.8 Å². The van der Waals surface area contributed by atoms with Gasteiger partial charge in [-0.2, -0.15) is 0 Å². The molecule has 1 rings (SSSR count). The minimum Gasteiger partial charge on any atom is -0.389 e. The van der Waals surface area contributed by atoms with Crippen molar-refractivity contribution in [1.82, 2.24) is 9.80 Å². The lowest BCUT2D eigenvalue weighted by atomic mass is 9.99. The zero-order valence-corrected chi connectivity index (χ0v) is 12.1. The molecule has 1 heterocycles. The lowest BCUT2D eigenvalue weighted by molar-refractivity contribution is 0.0339. The Bertz CT molecular complexity index is 213. The molecule has 0 spiro atoms. The number of likely N-dealkylation sites (N-methyl/N-ethyl adjacent to an activating group) is 1. The Morgan fingerprint density at radius 2 is 2.06 bits per heavy atom. The van der Waals surface area contributed by atoms with Crippen LogP contribution in [0.2, 0.25) is 0 Å². The molecule has 0 aromatic carbocycles. The van der Waals surface area contributed by atoms with Crippen LogP contribution in [0.25, 0.3) is 0 Å². The summed E-state index contributed by atoms with van der Waals surface area (Å²) in [4.78, 5) is 4.86. The highest BCUT2D eigenvalue weighted by molar-refractivity contribution is 4.77. The maximum atomic E-state index is 9.86. The van der Waals surface area contributed by atoms with Crippen molar-refractivity contribution in [2.24, 2.45) is 0 Å². The fraction of sp³-hybridized carbons (Fsp3) is 1.00. The second-order valence-electron chi connectivity index (χ2n) is 6.10. The first kappa shape index (κ1) is 14.9. The first-order valence-electron chi connectivity index (χ1n) is 7.07. The summed E-state index contributed by atoms with van der Waals surface area (Å²) in [6.07, 6.45) is 5.32. The number of nitrogens with zero attached hydrogens (tertiary/aromatic N) is 2. The van der Waals surface area contributed by atoms with Crippen LogP contribution in [0, 0.1) is 0 Å². The van der Waals surface area contributed by atoms with E-state index >= 15 is 0 Å². The third-order valence-corrected chi connectivity index (χ3v) is 3.76. The average Bonchev–Trinajstić information content (AvgIpc) is 2.24. The molecule has 0 bridgehead atoms. The first-order chi connectivity index (χ1) is 7.92. The number of rotatable bonds is 6. The van der Waals surface area contributed by atoms with Gasteiger partial charge in [-0.15, -0.1) is 0 Å². The minimum atomic E-state index is -0.575. The van der Waals surface area contributed by atoms with Gasteiger partial charge in [0.05, 0.1) is 5.60 Å². The van der Waals surface area contributed by atoms with E-state index in [4.69, 9.17) is 0 Å². The Morgan fingerprint density at radius 3 is 2.59 bits per heavy atom. The van der Waals surface area contributed by atoms with E-state index in [-0.39, 0.29) is 0 Å². The predicted molar refractivity (Wildman–Crippen MR) is 73.3 cm³/mol. The number of hydrogen-bond acceptors (Lipinski definition) is 3. The van der Waals surface area contributed by atoms with Crippen LogP contribution < -0.4 is 0 Å². The topological polar surface area (TPSA) is 26.7 Å². The molecule has 1 fully saturated rings. The summed E-state index contributed by atoms with van der Waals surface area (Å²) in [7, 11) is 2.25.